The molecule has 2 rings (SSSR count). The second-order valence-corrected chi connectivity index (χ2v) is 5.26. The van der Waals surface area contributed by atoms with Crippen LogP contribution in [0.15, 0.2) is 47.5 Å². The second kappa shape index (κ2) is 9.51. The number of anilines is 1. The first-order valence-corrected chi connectivity index (χ1v) is 7.32. The fourth-order valence-electron chi connectivity index (χ4n) is 2.14. The van der Waals surface area contributed by atoms with E-state index in [1.165, 1.54) is 24.3 Å². The SMILES string of the molecule is COc1cc(C)cc(CN=C(N)Nc2ccc(OC(F)(F)F)cc2)c1.I. The summed E-state index contributed by atoms with van der Waals surface area (Å²) in [6, 6.07) is 10.9. The monoisotopic (exact) mass is 481 g/mol. The van der Waals surface area contributed by atoms with E-state index in [2.05, 4.69) is 15.0 Å². The molecule has 0 aliphatic carbocycles. The van der Waals surface area contributed by atoms with Gasteiger partial charge in [0.15, 0.2) is 5.96 Å². The lowest BCUT2D eigenvalue weighted by molar-refractivity contribution is -0.274. The van der Waals surface area contributed by atoms with E-state index < -0.39 is 6.36 Å². The first kappa shape index (κ1) is 21.9. The van der Waals surface area contributed by atoms with E-state index in [0.717, 1.165) is 16.9 Å². The van der Waals surface area contributed by atoms with Crippen LogP contribution in [0.2, 0.25) is 0 Å². The van der Waals surface area contributed by atoms with Crippen molar-refractivity contribution in [2.24, 2.45) is 10.7 Å². The summed E-state index contributed by atoms with van der Waals surface area (Å²) in [4.78, 5) is 4.20. The lowest BCUT2D eigenvalue weighted by Crippen LogP contribution is -2.22. The van der Waals surface area contributed by atoms with Gasteiger partial charge >= 0.3 is 6.36 Å². The molecule has 0 atom stereocenters. The zero-order chi connectivity index (χ0) is 18.4. The van der Waals surface area contributed by atoms with Gasteiger partial charge in [0.25, 0.3) is 0 Å². The molecule has 0 unspecified atom stereocenters. The number of nitrogens with two attached hydrogens (primary N) is 1. The molecule has 5 nitrogen and oxygen atoms in total. The molecule has 2 aromatic carbocycles. The predicted molar refractivity (Wildman–Crippen MR) is 105 cm³/mol. The van der Waals surface area contributed by atoms with Crippen LogP contribution in [-0.2, 0) is 6.54 Å². The molecule has 0 fully saturated rings. The molecule has 0 saturated carbocycles. The molecule has 26 heavy (non-hydrogen) atoms. The van der Waals surface area contributed by atoms with Crippen LogP contribution >= 0.6 is 24.0 Å². The van der Waals surface area contributed by atoms with Crippen LogP contribution in [0.3, 0.4) is 0 Å². The largest absolute Gasteiger partial charge is 0.573 e. The molecule has 0 heterocycles. The van der Waals surface area contributed by atoms with Gasteiger partial charge in [-0.15, -0.1) is 37.1 Å². The van der Waals surface area contributed by atoms with Gasteiger partial charge in [0.2, 0.25) is 0 Å². The Kier molecular flexibility index (Phi) is 8.00. The molecule has 2 aromatic rings. The van der Waals surface area contributed by atoms with Crippen molar-refractivity contribution in [2.45, 2.75) is 19.8 Å². The third kappa shape index (κ3) is 7.38. The molecule has 0 spiro atoms. The molecular weight excluding hydrogens is 462 g/mol. The number of benzene rings is 2. The molecule has 0 bridgehead atoms. The number of guanidine groups is 1. The number of aryl methyl sites for hydroxylation is 1. The minimum Gasteiger partial charge on any atom is -0.497 e. The van der Waals surface area contributed by atoms with Gasteiger partial charge in [0.05, 0.1) is 13.7 Å². The Morgan fingerprint density at radius 3 is 2.35 bits per heavy atom. The van der Waals surface area contributed by atoms with Gasteiger partial charge in [0.1, 0.15) is 11.5 Å². The molecule has 142 valence electrons. The van der Waals surface area contributed by atoms with Crippen LogP contribution in [0.25, 0.3) is 0 Å². The van der Waals surface area contributed by atoms with Gasteiger partial charge in [-0.05, 0) is 54.4 Å². The van der Waals surface area contributed by atoms with Crippen molar-refractivity contribution >= 4 is 35.6 Å². The Morgan fingerprint density at radius 2 is 1.77 bits per heavy atom. The Bertz CT molecular complexity index is 750. The fraction of sp³-hybridized carbons (Fsp3) is 0.235. The lowest BCUT2D eigenvalue weighted by Gasteiger charge is -2.10. The smallest absolute Gasteiger partial charge is 0.497 e. The van der Waals surface area contributed by atoms with Crippen LogP contribution in [-0.4, -0.2) is 19.4 Å². The summed E-state index contributed by atoms with van der Waals surface area (Å²) in [6.45, 7) is 2.29. The number of rotatable bonds is 5. The average Bonchev–Trinajstić information content (AvgIpc) is 2.53. The Morgan fingerprint density at radius 1 is 1.12 bits per heavy atom. The van der Waals surface area contributed by atoms with Gasteiger partial charge in [-0.1, -0.05) is 6.07 Å². The number of hydrogen-bond acceptors (Lipinski definition) is 3. The molecule has 0 aromatic heterocycles. The van der Waals surface area contributed by atoms with E-state index in [-0.39, 0.29) is 35.7 Å². The first-order chi connectivity index (χ1) is 11.7. The van der Waals surface area contributed by atoms with Crippen LogP contribution in [0.1, 0.15) is 11.1 Å². The minimum atomic E-state index is -4.72. The third-order valence-electron chi connectivity index (χ3n) is 3.14. The standard InChI is InChI=1S/C17H18F3N3O2.HI/c1-11-7-12(9-15(8-11)24-2)10-22-16(21)23-13-3-5-14(6-4-13)25-17(18,19)20;/h3-9H,10H2,1-2H3,(H3,21,22,23);1H. The number of methoxy groups -OCH3 is 1. The van der Waals surface area contributed by atoms with Crippen LogP contribution in [0, 0.1) is 6.92 Å². The topological polar surface area (TPSA) is 68.9 Å². The van der Waals surface area contributed by atoms with E-state index >= 15 is 0 Å². The minimum absolute atomic E-state index is 0. The Hall–Kier alpha value is -2.17. The highest BCUT2D eigenvalue weighted by atomic mass is 127. The van der Waals surface area contributed by atoms with E-state index in [9.17, 15) is 13.2 Å². The number of nitrogens with zero attached hydrogens (tertiary/aromatic N) is 1. The highest BCUT2D eigenvalue weighted by molar-refractivity contribution is 14.0. The molecule has 0 aliphatic rings. The summed E-state index contributed by atoms with van der Waals surface area (Å²) >= 11 is 0. The van der Waals surface area contributed by atoms with Gasteiger partial charge in [-0.25, -0.2) is 4.99 Å². The zero-order valence-electron chi connectivity index (χ0n) is 14.1. The molecule has 0 saturated heterocycles. The molecule has 0 aliphatic heterocycles. The summed E-state index contributed by atoms with van der Waals surface area (Å²) in [5, 5.41) is 2.81. The second-order valence-electron chi connectivity index (χ2n) is 5.26. The van der Waals surface area contributed by atoms with Crippen LogP contribution in [0.5, 0.6) is 11.5 Å². The van der Waals surface area contributed by atoms with Gasteiger partial charge < -0.3 is 20.5 Å². The van der Waals surface area contributed by atoms with Gasteiger partial charge in [-0.2, -0.15) is 0 Å². The highest BCUT2D eigenvalue weighted by Crippen LogP contribution is 2.24. The Balaban J connectivity index is 0.00000338. The number of halogens is 4. The maximum absolute atomic E-state index is 12.1. The summed E-state index contributed by atoms with van der Waals surface area (Å²) in [6.07, 6.45) is -4.72. The summed E-state index contributed by atoms with van der Waals surface area (Å²) in [5.41, 5.74) is 8.26. The van der Waals surface area contributed by atoms with Crippen LogP contribution in [0.4, 0.5) is 18.9 Å². The Labute approximate surface area is 166 Å². The average molecular weight is 481 g/mol. The highest BCUT2D eigenvalue weighted by Gasteiger charge is 2.30. The maximum atomic E-state index is 12.1. The zero-order valence-corrected chi connectivity index (χ0v) is 16.5. The van der Waals surface area contributed by atoms with E-state index in [0.29, 0.717) is 12.2 Å². The van der Waals surface area contributed by atoms with Crippen molar-refractivity contribution in [3.63, 3.8) is 0 Å². The maximum Gasteiger partial charge on any atom is 0.573 e. The van der Waals surface area contributed by atoms with Crippen molar-refractivity contribution in [1.82, 2.24) is 0 Å². The number of ether oxygens (including phenoxy) is 2. The summed E-state index contributed by atoms with van der Waals surface area (Å²) < 4.78 is 45.3. The number of alkyl halides is 3. The van der Waals surface area contributed by atoms with E-state index in [4.69, 9.17) is 10.5 Å². The third-order valence-corrected chi connectivity index (χ3v) is 3.14. The summed E-state index contributed by atoms with van der Waals surface area (Å²) in [7, 11) is 1.59. The van der Waals surface area contributed by atoms with Crippen molar-refractivity contribution in [1.29, 1.82) is 0 Å². The first-order valence-electron chi connectivity index (χ1n) is 7.32. The van der Waals surface area contributed by atoms with Crippen molar-refractivity contribution in [3.05, 3.63) is 53.6 Å². The van der Waals surface area contributed by atoms with E-state index in [1.54, 1.807) is 7.11 Å². The summed E-state index contributed by atoms with van der Waals surface area (Å²) in [5.74, 6) is 0.572. The normalized spacial score (nSPS) is 11.5. The number of aliphatic imine (C=N–C) groups is 1. The number of nitrogens with one attached hydrogen (secondary N) is 1. The van der Waals surface area contributed by atoms with Gasteiger partial charge in [-0.3, -0.25) is 0 Å². The molecule has 9 heteroatoms. The molecular formula is C17H19F3IN3O2. The van der Waals surface area contributed by atoms with Crippen molar-refractivity contribution < 1.29 is 22.6 Å². The van der Waals surface area contributed by atoms with Crippen molar-refractivity contribution in [2.75, 3.05) is 12.4 Å². The lowest BCUT2D eigenvalue weighted by atomic mass is 10.1. The number of hydrogen-bond donors (Lipinski definition) is 2. The fourth-order valence-corrected chi connectivity index (χ4v) is 2.14. The van der Waals surface area contributed by atoms with Gasteiger partial charge in [0, 0.05) is 5.69 Å². The molecule has 3 N–H and O–H groups in total. The van der Waals surface area contributed by atoms with Crippen molar-refractivity contribution in [3.8, 4) is 11.5 Å². The van der Waals surface area contributed by atoms with Crippen LogP contribution < -0.4 is 20.5 Å². The quantitative estimate of drug-likeness (QED) is 0.377. The van der Waals surface area contributed by atoms with E-state index in [1.807, 2.05) is 25.1 Å². The predicted octanol–water partition coefficient (Wildman–Crippen LogP) is 4.45. The molecule has 0 amide bonds. The molecule has 0 radical (unpaired) electrons.